The monoisotopic (exact) mass is 577 g/mol. The average molecular weight is 578 g/mol. The fourth-order valence-electron chi connectivity index (χ4n) is 4.20. The number of H-pyrrole nitrogens is 1. The molecule has 1 heterocycles. The summed E-state index contributed by atoms with van der Waals surface area (Å²) in [5.41, 5.74) is 7.70. The van der Waals surface area contributed by atoms with Gasteiger partial charge in [0.25, 0.3) is 0 Å². The first-order valence-electron chi connectivity index (χ1n) is 13.1. The summed E-state index contributed by atoms with van der Waals surface area (Å²) in [7, 11) is 0. The maximum Gasteiger partial charge on any atom is 0.326 e. The highest BCUT2D eigenvalue weighted by Crippen LogP contribution is 2.19. The number of nitrogens with one attached hydrogen (secondary N) is 4. The SMILES string of the molecule is CSCCC(NC(=O)C(Cc1c[nH]c2ccccc12)NC(=O)C(N)CC(C)C)C(=O)NC(CCC(=O)O)C(=O)O. The predicted octanol–water partition coefficient (Wildman–Crippen LogP) is 1.24. The molecule has 0 saturated heterocycles. The van der Waals surface area contributed by atoms with Gasteiger partial charge in [-0.15, -0.1) is 0 Å². The van der Waals surface area contributed by atoms with Crippen LogP contribution in [0.5, 0.6) is 0 Å². The van der Waals surface area contributed by atoms with E-state index in [1.807, 2.05) is 44.4 Å². The number of fused-ring (bicyclic) bond motifs is 1. The minimum atomic E-state index is -1.44. The minimum absolute atomic E-state index is 0.114. The zero-order valence-electron chi connectivity index (χ0n) is 22.9. The van der Waals surface area contributed by atoms with Gasteiger partial charge >= 0.3 is 11.9 Å². The highest BCUT2D eigenvalue weighted by atomic mass is 32.2. The van der Waals surface area contributed by atoms with Gasteiger partial charge in [-0.25, -0.2) is 4.79 Å². The lowest BCUT2D eigenvalue weighted by molar-refractivity contribution is -0.143. The van der Waals surface area contributed by atoms with Crippen LogP contribution in [0.15, 0.2) is 30.5 Å². The Labute approximate surface area is 237 Å². The molecule has 2 aromatic rings. The summed E-state index contributed by atoms with van der Waals surface area (Å²) < 4.78 is 0. The maximum atomic E-state index is 13.5. The second-order valence-electron chi connectivity index (χ2n) is 10.0. The van der Waals surface area contributed by atoms with Crippen LogP contribution in [0, 0.1) is 5.92 Å². The van der Waals surface area contributed by atoms with Crippen LogP contribution in [0.25, 0.3) is 10.9 Å². The van der Waals surface area contributed by atoms with Gasteiger partial charge in [0, 0.05) is 29.9 Å². The number of benzene rings is 1. The number of carbonyl (C=O) groups excluding carboxylic acids is 3. The van der Waals surface area contributed by atoms with Crippen molar-refractivity contribution in [1.29, 1.82) is 0 Å². The Morgan fingerprint density at radius 3 is 2.17 bits per heavy atom. The number of carboxylic acids is 2. The van der Waals surface area contributed by atoms with Gasteiger partial charge in [0.1, 0.15) is 18.1 Å². The average Bonchev–Trinajstić information content (AvgIpc) is 3.30. The summed E-state index contributed by atoms with van der Waals surface area (Å²) >= 11 is 1.43. The first-order chi connectivity index (χ1) is 18.9. The molecule has 0 saturated carbocycles. The maximum absolute atomic E-state index is 13.5. The number of carbonyl (C=O) groups is 5. The first kappa shape index (κ1) is 32.6. The molecule has 0 radical (unpaired) electrons. The minimum Gasteiger partial charge on any atom is -0.481 e. The van der Waals surface area contributed by atoms with E-state index in [2.05, 4.69) is 20.9 Å². The Kier molecular flexibility index (Phi) is 12.9. The van der Waals surface area contributed by atoms with Gasteiger partial charge in [-0.3, -0.25) is 19.2 Å². The fourth-order valence-corrected chi connectivity index (χ4v) is 4.67. The van der Waals surface area contributed by atoms with E-state index in [0.29, 0.717) is 12.2 Å². The van der Waals surface area contributed by atoms with E-state index >= 15 is 0 Å². The van der Waals surface area contributed by atoms with Gasteiger partial charge in [0.05, 0.1) is 6.04 Å². The lowest BCUT2D eigenvalue weighted by Gasteiger charge is -2.25. The number of amides is 3. The lowest BCUT2D eigenvalue weighted by Crippen LogP contribution is -2.57. The van der Waals surface area contributed by atoms with Crippen LogP contribution < -0.4 is 21.7 Å². The summed E-state index contributed by atoms with van der Waals surface area (Å²) in [6.07, 6.45) is 3.52. The van der Waals surface area contributed by atoms with Gasteiger partial charge in [0.15, 0.2) is 0 Å². The Morgan fingerprint density at radius 1 is 0.925 bits per heavy atom. The number of aromatic nitrogens is 1. The number of aliphatic carboxylic acids is 2. The lowest BCUT2D eigenvalue weighted by atomic mass is 10.0. The number of thioether (sulfide) groups is 1. The first-order valence-corrected chi connectivity index (χ1v) is 14.5. The van der Waals surface area contributed by atoms with E-state index in [0.717, 1.165) is 16.5 Å². The number of hydrogen-bond acceptors (Lipinski definition) is 7. The van der Waals surface area contributed by atoms with Crippen molar-refractivity contribution in [3.63, 3.8) is 0 Å². The zero-order chi connectivity index (χ0) is 29.8. The molecule has 2 rings (SSSR count). The molecule has 4 atom stereocenters. The summed E-state index contributed by atoms with van der Waals surface area (Å²) in [5.74, 6) is -3.83. The van der Waals surface area contributed by atoms with Crippen LogP contribution in [0.3, 0.4) is 0 Å². The third-order valence-corrected chi connectivity index (χ3v) is 6.94. The topological polar surface area (TPSA) is 204 Å². The molecule has 220 valence electrons. The molecule has 8 N–H and O–H groups in total. The molecule has 0 fully saturated rings. The van der Waals surface area contributed by atoms with Crippen LogP contribution in [0.2, 0.25) is 0 Å². The van der Waals surface area contributed by atoms with E-state index in [9.17, 15) is 29.1 Å². The molecule has 40 heavy (non-hydrogen) atoms. The highest BCUT2D eigenvalue weighted by molar-refractivity contribution is 7.98. The van der Waals surface area contributed by atoms with Crippen molar-refractivity contribution < 1.29 is 34.2 Å². The summed E-state index contributed by atoms with van der Waals surface area (Å²) in [4.78, 5) is 65.1. The third kappa shape index (κ3) is 10.2. The van der Waals surface area contributed by atoms with Crippen molar-refractivity contribution in [1.82, 2.24) is 20.9 Å². The molecule has 1 aromatic heterocycles. The summed E-state index contributed by atoms with van der Waals surface area (Å²) in [5, 5.41) is 27.0. The van der Waals surface area contributed by atoms with Crippen molar-refractivity contribution in [3.05, 3.63) is 36.0 Å². The number of carboxylic acid groups (broad SMARTS) is 2. The second kappa shape index (κ2) is 15.9. The van der Waals surface area contributed by atoms with Gasteiger partial charge in [-0.2, -0.15) is 11.8 Å². The van der Waals surface area contributed by atoms with Gasteiger partial charge in [0.2, 0.25) is 17.7 Å². The molecule has 0 spiro atoms. The van der Waals surface area contributed by atoms with Gasteiger partial charge < -0.3 is 36.9 Å². The van der Waals surface area contributed by atoms with E-state index in [1.165, 1.54) is 11.8 Å². The summed E-state index contributed by atoms with van der Waals surface area (Å²) in [6.45, 7) is 3.86. The van der Waals surface area contributed by atoms with Crippen molar-refractivity contribution >= 4 is 52.3 Å². The Morgan fingerprint density at radius 2 is 1.55 bits per heavy atom. The van der Waals surface area contributed by atoms with Gasteiger partial charge in [-0.05, 0) is 48.8 Å². The Balaban J connectivity index is 2.27. The van der Waals surface area contributed by atoms with Gasteiger partial charge in [-0.1, -0.05) is 32.0 Å². The quantitative estimate of drug-likeness (QED) is 0.144. The van der Waals surface area contributed by atoms with E-state index < -0.39 is 60.2 Å². The number of hydrogen-bond donors (Lipinski definition) is 7. The molecule has 4 unspecified atom stereocenters. The summed E-state index contributed by atoms with van der Waals surface area (Å²) in [6, 6.07) is 3.05. The molecule has 0 aliphatic carbocycles. The Bertz CT molecular complexity index is 1180. The molecule has 13 heteroatoms. The second-order valence-corrected chi connectivity index (χ2v) is 11.0. The van der Waals surface area contributed by atoms with Crippen molar-refractivity contribution in [2.45, 2.75) is 70.1 Å². The molecular weight excluding hydrogens is 538 g/mol. The molecule has 12 nitrogen and oxygen atoms in total. The van der Waals surface area contributed by atoms with Crippen LogP contribution in [-0.2, 0) is 30.4 Å². The smallest absolute Gasteiger partial charge is 0.326 e. The molecule has 0 aliphatic heterocycles. The molecule has 0 aliphatic rings. The number of aromatic amines is 1. The number of nitrogens with two attached hydrogens (primary N) is 1. The number of para-hydroxylation sites is 1. The third-order valence-electron chi connectivity index (χ3n) is 6.30. The van der Waals surface area contributed by atoms with Crippen LogP contribution in [-0.4, -0.2) is 81.0 Å². The van der Waals surface area contributed by atoms with E-state index in [-0.39, 0.29) is 25.2 Å². The van der Waals surface area contributed by atoms with Crippen molar-refractivity contribution in [2.24, 2.45) is 11.7 Å². The molecule has 0 bridgehead atoms. The Hall–Kier alpha value is -3.58. The van der Waals surface area contributed by atoms with Crippen molar-refractivity contribution in [2.75, 3.05) is 12.0 Å². The largest absolute Gasteiger partial charge is 0.481 e. The molecule has 3 amide bonds. The number of rotatable bonds is 17. The van der Waals surface area contributed by atoms with E-state index in [4.69, 9.17) is 10.8 Å². The molecular formula is C27H39N5O7S. The van der Waals surface area contributed by atoms with E-state index in [1.54, 1.807) is 6.20 Å². The fraction of sp³-hybridized carbons (Fsp3) is 0.519. The standard InChI is InChI=1S/C27H39N5O7S/c1-15(2)12-18(28)24(35)32-22(13-16-14-29-19-7-5-4-6-17(16)19)26(37)30-20(10-11-40-3)25(36)31-21(27(38)39)8-9-23(33)34/h4-7,14-15,18,20-22,29H,8-13,28H2,1-3H3,(H,30,37)(H,31,36)(H,32,35)(H,33,34)(H,38,39). The van der Waals surface area contributed by atoms with Crippen LogP contribution in [0.1, 0.15) is 45.1 Å². The zero-order valence-corrected chi connectivity index (χ0v) is 23.8. The predicted molar refractivity (Wildman–Crippen MR) is 153 cm³/mol. The highest BCUT2D eigenvalue weighted by Gasteiger charge is 2.31. The molecule has 1 aromatic carbocycles. The normalized spacial score (nSPS) is 14.2. The van der Waals surface area contributed by atoms with Crippen LogP contribution in [0.4, 0.5) is 0 Å². The van der Waals surface area contributed by atoms with Crippen LogP contribution >= 0.6 is 11.8 Å². The van der Waals surface area contributed by atoms with Crippen molar-refractivity contribution in [3.8, 4) is 0 Å².